The van der Waals surface area contributed by atoms with Crippen LogP contribution in [-0.4, -0.2) is 23.7 Å². The van der Waals surface area contributed by atoms with Crippen LogP contribution in [0.4, 0.5) is 5.69 Å². The van der Waals surface area contributed by atoms with Crippen molar-refractivity contribution >= 4 is 17.6 Å². The Kier molecular flexibility index (Phi) is 10.6. The van der Waals surface area contributed by atoms with Crippen molar-refractivity contribution in [2.45, 2.75) is 60.3 Å². The summed E-state index contributed by atoms with van der Waals surface area (Å²) in [6.45, 7) is 10.1. The Hall–Kier alpha value is -3.74. The fourth-order valence-corrected chi connectivity index (χ4v) is 4.01. The largest absolute Gasteiger partial charge is 0.428 e. The minimum atomic E-state index is -0.622. The number of rotatable bonds is 10. The number of allylic oxidation sites excluding steroid dienone is 9. The molecule has 0 spiro atoms. The molecule has 1 aliphatic carbocycles. The number of nitrogens with zero attached hydrogens (tertiary/aromatic N) is 1. The first-order valence-corrected chi connectivity index (χ1v) is 12.0. The average molecular weight is 494 g/mol. The summed E-state index contributed by atoms with van der Waals surface area (Å²) < 4.78 is 9.82. The van der Waals surface area contributed by atoms with Gasteiger partial charge in [0.05, 0.1) is 11.3 Å². The van der Waals surface area contributed by atoms with Crippen molar-refractivity contribution in [1.82, 2.24) is 0 Å². The molecule has 0 aromatic heterocycles. The number of nitro groups is 1. The van der Waals surface area contributed by atoms with Crippen molar-refractivity contribution in [2.75, 3.05) is 6.79 Å². The Labute approximate surface area is 213 Å². The Morgan fingerprint density at radius 2 is 1.78 bits per heavy atom. The molecule has 0 atom stereocenters. The number of benzene rings is 1. The van der Waals surface area contributed by atoms with Gasteiger partial charge in [-0.2, -0.15) is 0 Å². The molecule has 192 valence electrons. The van der Waals surface area contributed by atoms with E-state index >= 15 is 0 Å². The molecular formula is C29H35NO6. The summed E-state index contributed by atoms with van der Waals surface area (Å²) >= 11 is 0. The van der Waals surface area contributed by atoms with Gasteiger partial charge in [0.2, 0.25) is 6.79 Å². The predicted molar refractivity (Wildman–Crippen MR) is 140 cm³/mol. The lowest BCUT2D eigenvalue weighted by atomic mass is 9.72. The molecule has 7 heteroatoms. The van der Waals surface area contributed by atoms with Gasteiger partial charge in [-0.15, -0.1) is 0 Å². The second-order valence-corrected chi connectivity index (χ2v) is 9.62. The lowest BCUT2D eigenvalue weighted by Crippen LogP contribution is -2.19. The van der Waals surface area contributed by atoms with Crippen molar-refractivity contribution < 1.29 is 24.0 Å². The van der Waals surface area contributed by atoms with E-state index in [0.29, 0.717) is 11.1 Å². The zero-order valence-corrected chi connectivity index (χ0v) is 21.7. The number of nitro benzene ring substituents is 1. The van der Waals surface area contributed by atoms with Crippen LogP contribution < -0.4 is 0 Å². The molecule has 0 saturated carbocycles. The molecule has 0 N–H and O–H groups in total. The summed E-state index contributed by atoms with van der Waals surface area (Å²) in [5.41, 5.74) is 5.37. The van der Waals surface area contributed by atoms with E-state index in [1.54, 1.807) is 13.0 Å². The minimum absolute atomic E-state index is 0.0596. The third-order valence-corrected chi connectivity index (χ3v) is 6.04. The van der Waals surface area contributed by atoms with Crippen LogP contribution in [-0.2, 0) is 25.5 Å². The van der Waals surface area contributed by atoms with Gasteiger partial charge in [-0.05, 0) is 62.2 Å². The lowest BCUT2D eigenvalue weighted by molar-refractivity contribution is -0.384. The van der Waals surface area contributed by atoms with E-state index < -0.39 is 23.7 Å². The Morgan fingerprint density at radius 3 is 2.42 bits per heavy atom. The Bertz CT molecular complexity index is 1120. The van der Waals surface area contributed by atoms with E-state index in [-0.39, 0.29) is 17.5 Å². The maximum absolute atomic E-state index is 11.9. The third-order valence-electron chi connectivity index (χ3n) is 6.04. The average Bonchev–Trinajstić information content (AvgIpc) is 2.78. The molecule has 0 radical (unpaired) electrons. The monoisotopic (exact) mass is 493 g/mol. The Balaban J connectivity index is 1.78. The molecule has 1 aromatic rings. The molecule has 1 aromatic carbocycles. The van der Waals surface area contributed by atoms with Crippen LogP contribution in [0.15, 0.2) is 83.0 Å². The van der Waals surface area contributed by atoms with E-state index in [0.717, 1.165) is 12.0 Å². The zero-order chi connectivity index (χ0) is 26.7. The highest BCUT2D eigenvalue weighted by Gasteiger charge is 2.26. The van der Waals surface area contributed by atoms with Gasteiger partial charge >= 0.3 is 11.9 Å². The normalized spacial score (nSPS) is 16.5. The summed E-state index contributed by atoms with van der Waals surface area (Å²) in [5.74, 6) is -1.23. The molecule has 0 heterocycles. The molecule has 0 aliphatic heterocycles. The topological polar surface area (TPSA) is 95.7 Å². The van der Waals surface area contributed by atoms with Crippen LogP contribution in [0.25, 0.3) is 0 Å². The van der Waals surface area contributed by atoms with Gasteiger partial charge in [0.1, 0.15) is 0 Å². The van der Waals surface area contributed by atoms with E-state index in [2.05, 4.69) is 32.9 Å². The number of esters is 2. The number of non-ortho nitro benzene ring substituents is 1. The Morgan fingerprint density at radius 1 is 1.08 bits per heavy atom. The maximum Gasteiger partial charge on any atom is 0.333 e. The van der Waals surface area contributed by atoms with Crippen LogP contribution in [0.3, 0.4) is 0 Å². The molecule has 36 heavy (non-hydrogen) atoms. The fraction of sp³-hybridized carbons (Fsp3) is 0.379. The van der Waals surface area contributed by atoms with Gasteiger partial charge in [0, 0.05) is 18.2 Å². The SMILES string of the molecule is CC(C=CC1=C(C)CCCC1(C)C)=CC=CC(C)=CC(=O)OCOC(=O)Cc1ccc([N+](=O)[O-])cc1. The first-order chi connectivity index (χ1) is 17.0. The molecule has 0 bridgehead atoms. The highest BCUT2D eigenvalue weighted by molar-refractivity contribution is 5.83. The molecular weight excluding hydrogens is 458 g/mol. The van der Waals surface area contributed by atoms with Gasteiger partial charge in [-0.1, -0.05) is 67.5 Å². The highest BCUT2D eigenvalue weighted by Crippen LogP contribution is 2.40. The van der Waals surface area contributed by atoms with E-state index in [1.807, 2.05) is 19.1 Å². The maximum atomic E-state index is 11.9. The predicted octanol–water partition coefficient (Wildman–Crippen LogP) is 6.71. The van der Waals surface area contributed by atoms with Crippen molar-refractivity contribution in [1.29, 1.82) is 0 Å². The highest BCUT2D eigenvalue weighted by atomic mass is 16.7. The summed E-state index contributed by atoms with van der Waals surface area (Å²) in [6, 6.07) is 5.58. The fourth-order valence-electron chi connectivity index (χ4n) is 4.01. The lowest BCUT2D eigenvalue weighted by Gasteiger charge is -2.32. The first kappa shape index (κ1) is 28.5. The summed E-state index contributed by atoms with van der Waals surface area (Å²) in [5, 5.41) is 10.7. The quantitative estimate of drug-likeness (QED) is 0.0897. The number of carbonyl (C=O) groups is 2. The van der Waals surface area contributed by atoms with Gasteiger partial charge in [0.15, 0.2) is 0 Å². The second kappa shape index (κ2) is 13.4. The van der Waals surface area contributed by atoms with Gasteiger partial charge < -0.3 is 9.47 Å². The first-order valence-electron chi connectivity index (χ1n) is 12.0. The molecule has 1 aliphatic rings. The van der Waals surface area contributed by atoms with Crippen molar-refractivity contribution in [3.05, 3.63) is 98.7 Å². The van der Waals surface area contributed by atoms with Gasteiger partial charge in [-0.25, -0.2) is 4.79 Å². The van der Waals surface area contributed by atoms with Crippen molar-refractivity contribution in [3.63, 3.8) is 0 Å². The third kappa shape index (κ3) is 9.49. The smallest absolute Gasteiger partial charge is 0.333 e. The van der Waals surface area contributed by atoms with Crippen LogP contribution in [0.2, 0.25) is 0 Å². The molecule has 0 saturated heterocycles. The molecule has 7 nitrogen and oxygen atoms in total. The number of hydrogen-bond donors (Lipinski definition) is 0. The van der Waals surface area contributed by atoms with Crippen LogP contribution >= 0.6 is 0 Å². The number of carbonyl (C=O) groups excluding carboxylic acids is 2. The standard InChI is InChI=1S/C29H35NO6/c1-21(11-16-26-23(3)10-7-17-29(26,4)5)8-6-9-22(2)18-27(31)35-20-36-28(32)19-24-12-14-25(15-13-24)30(33)34/h6,8-9,11-16,18H,7,10,17,19-20H2,1-5H3. The van der Waals surface area contributed by atoms with Crippen molar-refractivity contribution in [2.24, 2.45) is 5.41 Å². The van der Waals surface area contributed by atoms with Gasteiger partial charge in [0.25, 0.3) is 5.69 Å². The van der Waals surface area contributed by atoms with Gasteiger partial charge in [-0.3, -0.25) is 14.9 Å². The number of hydrogen-bond acceptors (Lipinski definition) is 6. The summed E-state index contributed by atoms with van der Waals surface area (Å²) in [7, 11) is 0. The van der Waals surface area contributed by atoms with Crippen molar-refractivity contribution in [3.8, 4) is 0 Å². The van der Waals surface area contributed by atoms with Crippen LogP contribution in [0.5, 0.6) is 0 Å². The number of ether oxygens (including phenoxy) is 2. The minimum Gasteiger partial charge on any atom is -0.428 e. The molecule has 2 rings (SSSR count). The molecule has 0 unspecified atom stereocenters. The summed E-state index contributed by atoms with van der Waals surface area (Å²) in [4.78, 5) is 33.9. The van der Waals surface area contributed by atoms with E-state index in [4.69, 9.17) is 9.47 Å². The molecule has 0 fully saturated rings. The summed E-state index contributed by atoms with van der Waals surface area (Å²) in [6.07, 6.45) is 14.8. The van der Waals surface area contributed by atoms with Crippen LogP contribution in [0, 0.1) is 15.5 Å². The molecule has 0 amide bonds. The second-order valence-electron chi connectivity index (χ2n) is 9.62. The van der Waals surface area contributed by atoms with E-state index in [9.17, 15) is 19.7 Å². The zero-order valence-electron chi connectivity index (χ0n) is 21.7. The van der Waals surface area contributed by atoms with Crippen LogP contribution in [0.1, 0.15) is 59.4 Å². The van der Waals surface area contributed by atoms with E-state index in [1.165, 1.54) is 54.3 Å².